The Bertz CT molecular complexity index is 329. The third-order valence-electron chi connectivity index (χ3n) is 4.43. The Morgan fingerprint density at radius 3 is 2.81 bits per heavy atom. The van der Waals surface area contributed by atoms with Crippen molar-refractivity contribution < 1.29 is 0 Å². The average molecular weight is 215 g/mol. The molecule has 3 unspecified atom stereocenters. The van der Waals surface area contributed by atoms with Gasteiger partial charge in [0.25, 0.3) is 0 Å². The molecule has 3 fully saturated rings. The quantitative estimate of drug-likeness (QED) is 0.799. The highest BCUT2D eigenvalue weighted by atomic mass is 14.9. The third kappa shape index (κ3) is 2.15. The Kier molecular flexibility index (Phi) is 2.96. The van der Waals surface area contributed by atoms with Crippen molar-refractivity contribution in [3.63, 3.8) is 0 Å². The van der Waals surface area contributed by atoms with Crippen molar-refractivity contribution in [1.29, 1.82) is 0 Å². The lowest BCUT2D eigenvalue weighted by molar-refractivity contribution is 0.228. The second-order valence-corrected chi connectivity index (χ2v) is 5.46. The van der Waals surface area contributed by atoms with Crippen molar-refractivity contribution in [2.24, 2.45) is 11.8 Å². The van der Waals surface area contributed by atoms with Crippen LogP contribution in [0.25, 0.3) is 0 Å². The van der Waals surface area contributed by atoms with E-state index in [-0.39, 0.29) is 0 Å². The van der Waals surface area contributed by atoms with Crippen LogP contribution in [-0.4, -0.2) is 12.6 Å². The fourth-order valence-electron chi connectivity index (χ4n) is 3.53. The summed E-state index contributed by atoms with van der Waals surface area (Å²) in [4.78, 5) is 0. The van der Waals surface area contributed by atoms with Gasteiger partial charge in [0.05, 0.1) is 0 Å². The van der Waals surface area contributed by atoms with E-state index in [0.29, 0.717) is 0 Å². The Labute approximate surface area is 98.3 Å². The van der Waals surface area contributed by atoms with Gasteiger partial charge < -0.3 is 5.32 Å². The van der Waals surface area contributed by atoms with Crippen LogP contribution < -0.4 is 5.32 Å². The predicted molar refractivity (Wildman–Crippen MR) is 67.4 cm³/mol. The zero-order valence-corrected chi connectivity index (χ0v) is 9.86. The van der Waals surface area contributed by atoms with Gasteiger partial charge in [0, 0.05) is 6.04 Å². The van der Waals surface area contributed by atoms with E-state index in [9.17, 15) is 0 Å². The lowest BCUT2D eigenvalue weighted by Crippen LogP contribution is -2.32. The van der Waals surface area contributed by atoms with E-state index in [1.54, 1.807) is 0 Å². The molecule has 1 N–H and O–H groups in total. The fourth-order valence-corrected chi connectivity index (χ4v) is 3.53. The van der Waals surface area contributed by atoms with Crippen LogP contribution in [0, 0.1) is 11.8 Å². The van der Waals surface area contributed by atoms with Crippen molar-refractivity contribution in [2.45, 2.75) is 38.1 Å². The largest absolute Gasteiger partial charge is 0.314 e. The first kappa shape index (κ1) is 10.3. The fraction of sp³-hybridized carbons (Fsp3) is 0.600. The molecule has 1 heteroatoms. The van der Waals surface area contributed by atoms with Gasteiger partial charge in [-0.2, -0.15) is 0 Å². The molecule has 1 aliphatic carbocycles. The minimum absolute atomic E-state index is 0.812. The van der Waals surface area contributed by atoms with E-state index >= 15 is 0 Å². The van der Waals surface area contributed by atoms with Crippen molar-refractivity contribution in [1.82, 2.24) is 5.32 Å². The van der Waals surface area contributed by atoms with E-state index < -0.39 is 0 Å². The summed E-state index contributed by atoms with van der Waals surface area (Å²) in [5, 5.41) is 3.69. The molecule has 2 aliphatic heterocycles. The molecule has 0 aromatic heterocycles. The molecule has 1 saturated carbocycles. The number of benzene rings is 1. The number of nitrogens with one attached hydrogen (secondary N) is 1. The van der Waals surface area contributed by atoms with Gasteiger partial charge in [0.2, 0.25) is 0 Å². The van der Waals surface area contributed by atoms with Crippen LogP contribution in [0.15, 0.2) is 30.3 Å². The predicted octanol–water partition coefficient (Wildman–Crippen LogP) is 3.01. The Hall–Kier alpha value is -0.820. The molecule has 3 atom stereocenters. The van der Waals surface area contributed by atoms with Crippen molar-refractivity contribution in [3.05, 3.63) is 35.9 Å². The van der Waals surface area contributed by atoms with Crippen LogP contribution in [0.3, 0.4) is 0 Å². The third-order valence-corrected chi connectivity index (χ3v) is 4.43. The zero-order chi connectivity index (χ0) is 10.8. The highest BCUT2D eigenvalue weighted by molar-refractivity contribution is 5.15. The van der Waals surface area contributed by atoms with Crippen molar-refractivity contribution in [3.8, 4) is 0 Å². The highest BCUT2D eigenvalue weighted by Gasteiger charge is 2.32. The smallest absolute Gasteiger partial charge is 0.00700 e. The molecule has 86 valence electrons. The molecule has 1 nitrogen and oxygen atoms in total. The maximum absolute atomic E-state index is 3.69. The number of rotatable bonds is 2. The average Bonchev–Trinajstić information content (AvgIpc) is 2.65. The van der Waals surface area contributed by atoms with Gasteiger partial charge in [0.1, 0.15) is 0 Å². The molecule has 1 aromatic rings. The van der Waals surface area contributed by atoms with Gasteiger partial charge in [-0.15, -0.1) is 0 Å². The summed E-state index contributed by atoms with van der Waals surface area (Å²) < 4.78 is 0. The summed E-state index contributed by atoms with van der Waals surface area (Å²) in [5.41, 5.74) is 1.53. The van der Waals surface area contributed by atoms with Crippen LogP contribution in [0.4, 0.5) is 0 Å². The maximum atomic E-state index is 3.69. The first-order chi connectivity index (χ1) is 7.92. The first-order valence-electron chi connectivity index (χ1n) is 6.69. The normalized spacial score (nSPS) is 33.6. The summed E-state index contributed by atoms with van der Waals surface area (Å²) in [6.07, 6.45) is 6.96. The van der Waals surface area contributed by atoms with Crippen LogP contribution in [-0.2, 0) is 6.42 Å². The van der Waals surface area contributed by atoms with Crippen LogP contribution >= 0.6 is 0 Å². The maximum Gasteiger partial charge on any atom is 0.00700 e. The van der Waals surface area contributed by atoms with E-state index in [2.05, 4.69) is 35.6 Å². The minimum atomic E-state index is 0.812. The first-order valence-corrected chi connectivity index (χ1v) is 6.69. The van der Waals surface area contributed by atoms with Crippen LogP contribution in [0.1, 0.15) is 31.2 Å². The van der Waals surface area contributed by atoms with Gasteiger partial charge in [-0.05, 0) is 56.0 Å². The highest BCUT2D eigenvalue weighted by Crippen LogP contribution is 2.36. The number of hydrogen-bond acceptors (Lipinski definition) is 1. The van der Waals surface area contributed by atoms with Gasteiger partial charge in [0.15, 0.2) is 0 Å². The number of hydrogen-bond donors (Lipinski definition) is 1. The molecule has 0 amide bonds. The van der Waals surface area contributed by atoms with E-state index in [4.69, 9.17) is 0 Å². The van der Waals surface area contributed by atoms with Gasteiger partial charge >= 0.3 is 0 Å². The van der Waals surface area contributed by atoms with Crippen molar-refractivity contribution in [2.75, 3.05) is 6.54 Å². The van der Waals surface area contributed by atoms with Crippen molar-refractivity contribution >= 4 is 0 Å². The molecule has 2 heterocycles. The van der Waals surface area contributed by atoms with E-state index in [0.717, 1.165) is 17.9 Å². The standard InChI is InChI=1S/C15H21N/c1-2-4-12(5-3-1)10-14-11-15-7-6-13(14)8-9-16-15/h1-5,13-16H,6-11H2. The Morgan fingerprint density at radius 1 is 1.06 bits per heavy atom. The molecular formula is C15H21N. The molecule has 0 radical (unpaired) electrons. The van der Waals surface area contributed by atoms with E-state index in [1.165, 1.54) is 44.2 Å². The second-order valence-electron chi connectivity index (χ2n) is 5.46. The lowest BCUT2D eigenvalue weighted by Gasteiger charge is -2.32. The van der Waals surface area contributed by atoms with E-state index in [1.807, 2.05) is 0 Å². The topological polar surface area (TPSA) is 12.0 Å². The number of fused-ring (bicyclic) bond motifs is 4. The van der Waals surface area contributed by atoms with Gasteiger partial charge in [-0.1, -0.05) is 30.3 Å². The van der Waals surface area contributed by atoms with Crippen LogP contribution in [0.2, 0.25) is 0 Å². The summed E-state index contributed by atoms with van der Waals surface area (Å²) in [5.74, 6) is 1.91. The zero-order valence-electron chi connectivity index (χ0n) is 9.86. The molecule has 4 rings (SSSR count). The molecule has 3 aliphatic rings. The Balaban J connectivity index is 1.71. The SMILES string of the molecule is c1ccc(CC2CC3CCC2CCN3)cc1. The molecule has 2 bridgehead atoms. The summed E-state index contributed by atoms with van der Waals surface area (Å²) >= 11 is 0. The van der Waals surface area contributed by atoms with Crippen LogP contribution in [0.5, 0.6) is 0 Å². The monoisotopic (exact) mass is 215 g/mol. The molecule has 2 saturated heterocycles. The summed E-state index contributed by atoms with van der Waals surface area (Å²) in [7, 11) is 0. The second kappa shape index (κ2) is 4.58. The molecule has 1 aromatic carbocycles. The minimum Gasteiger partial charge on any atom is -0.314 e. The summed E-state index contributed by atoms with van der Waals surface area (Å²) in [6, 6.07) is 11.8. The summed E-state index contributed by atoms with van der Waals surface area (Å²) in [6.45, 7) is 1.25. The van der Waals surface area contributed by atoms with Gasteiger partial charge in [-0.25, -0.2) is 0 Å². The van der Waals surface area contributed by atoms with Gasteiger partial charge in [-0.3, -0.25) is 0 Å². The molecule has 0 spiro atoms. The lowest BCUT2D eigenvalue weighted by atomic mass is 9.74. The Morgan fingerprint density at radius 2 is 1.94 bits per heavy atom. The molecule has 16 heavy (non-hydrogen) atoms. The molecular weight excluding hydrogens is 194 g/mol.